The van der Waals surface area contributed by atoms with E-state index < -0.39 is 72.0 Å². The fourth-order valence-electron chi connectivity index (χ4n) is 12.5. The van der Waals surface area contributed by atoms with Crippen molar-refractivity contribution >= 4 is 23.9 Å². The second kappa shape index (κ2) is 15.6. The highest BCUT2D eigenvalue weighted by molar-refractivity contribution is 5.93. The summed E-state index contributed by atoms with van der Waals surface area (Å²) in [6.45, 7) is 33.5. The largest absolute Gasteiger partial charge is 0.462 e. The summed E-state index contributed by atoms with van der Waals surface area (Å²) in [6, 6.07) is 0. The first-order valence-electron chi connectivity index (χ1n) is 22.0. The molecule has 12 heteroatoms. The highest BCUT2D eigenvalue weighted by Crippen LogP contribution is 2.48. The summed E-state index contributed by atoms with van der Waals surface area (Å²) in [5.74, 6) is -7.34. The monoisotopic (exact) mass is 817 g/mol. The van der Waals surface area contributed by atoms with E-state index in [1.165, 1.54) is 0 Å². The molecule has 0 aromatic carbocycles. The Labute approximate surface area is 350 Å². The highest BCUT2D eigenvalue weighted by Gasteiger charge is 2.60. The molecule has 12 nitrogen and oxygen atoms in total. The number of carbonyl (C=O) groups is 4. The molecule has 0 aromatic rings. The lowest BCUT2D eigenvalue weighted by Crippen LogP contribution is -2.60. The van der Waals surface area contributed by atoms with Gasteiger partial charge in [0.1, 0.15) is 24.4 Å². The summed E-state index contributed by atoms with van der Waals surface area (Å²) in [7, 11) is 2.09. The normalized spacial score (nSPS) is 33.1. The van der Waals surface area contributed by atoms with Crippen LogP contribution in [0.1, 0.15) is 169 Å². The molecule has 58 heavy (non-hydrogen) atoms. The van der Waals surface area contributed by atoms with Gasteiger partial charge < -0.3 is 34.9 Å². The van der Waals surface area contributed by atoms with Gasteiger partial charge in [-0.25, -0.2) is 0 Å². The number of nitrogens with one attached hydrogen (secondary N) is 3. The van der Waals surface area contributed by atoms with Crippen LogP contribution in [0, 0.1) is 23.7 Å². The second-order valence-corrected chi connectivity index (χ2v) is 24.2. The Kier molecular flexibility index (Phi) is 12.6. The quantitative estimate of drug-likeness (QED) is 0.179. The van der Waals surface area contributed by atoms with Crippen molar-refractivity contribution in [3.05, 3.63) is 0 Å². The zero-order chi connectivity index (χ0) is 43.8. The summed E-state index contributed by atoms with van der Waals surface area (Å²) in [6.07, 6.45) is 2.64. The van der Waals surface area contributed by atoms with Crippen molar-refractivity contribution in [3.63, 3.8) is 0 Å². The van der Waals surface area contributed by atoms with E-state index in [9.17, 15) is 19.2 Å². The predicted octanol–water partition coefficient (Wildman–Crippen LogP) is 6.61. The molecule has 0 spiro atoms. The van der Waals surface area contributed by atoms with E-state index in [1.54, 1.807) is 0 Å². The molecule has 4 saturated heterocycles. The van der Waals surface area contributed by atoms with Gasteiger partial charge in [-0.05, 0) is 124 Å². The van der Waals surface area contributed by atoms with Crippen LogP contribution in [0.15, 0.2) is 0 Å². The fourth-order valence-corrected chi connectivity index (χ4v) is 12.5. The molecular weight excluding hydrogens is 737 g/mol. The van der Waals surface area contributed by atoms with Crippen molar-refractivity contribution in [2.45, 2.75) is 237 Å². The molecule has 332 valence electrons. The van der Waals surface area contributed by atoms with Crippen LogP contribution in [0.4, 0.5) is 0 Å². The first-order valence-corrected chi connectivity index (χ1v) is 22.0. The van der Waals surface area contributed by atoms with Crippen molar-refractivity contribution in [2.75, 3.05) is 7.05 Å². The van der Waals surface area contributed by atoms with E-state index in [1.807, 2.05) is 0 Å². The van der Waals surface area contributed by atoms with Gasteiger partial charge in [-0.15, -0.1) is 0 Å². The van der Waals surface area contributed by atoms with Crippen molar-refractivity contribution in [1.29, 1.82) is 0 Å². The maximum absolute atomic E-state index is 14.9. The summed E-state index contributed by atoms with van der Waals surface area (Å²) in [5, 5.41) is 10.9. The molecule has 4 unspecified atom stereocenters. The lowest BCUT2D eigenvalue weighted by molar-refractivity contribution is -0.179. The van der Waals surface area contributed by atoms with Crippen molar-refractivity contribution < 1.29 is 38.1 Å². The number of nitrogens with zero attached hydrogens (tertiary/aromatic N) is 1. The van der Waals surface area contributed by atoms with Gasteiger partial charge in [0, 0.05) is 95.7 Å². The maximum atomic E-state index is 14.9. The Morgan fingerprint density at radius 2 is 0.621 bits per heavy atom. The van der Waals surface area contributed by atoms with Crippen LogP contribution in [0.3, 0.4) is 0 Å². The van der Waals surface area contributed by atoms with Crippen LogP contribution < -0.4 is 16.0 Å². The summed E-state index contributed by atoms with van der Waals surface area (Å²) < 4.78 is 25.5. The number of likely N-dealkylation sites (tertiary alicyclic amines) is 1. The number of hydrogen-bond donors (Lipinski definition) is 3. The molecule has 0 aromatic heterocycles. The molecule has 5 rings (SSSR count). The number of ether oxygens (including phenoxy) is 4. The summed E-state index contributed by atoms with van der Waals surface area (Å²) >= 11 is 0. The Morgan fingerprint density at radius 3 is 0.879 bits per heavy atom. The van der Waals surface area contributed by atoms with Gasteiger partial charge >= 0.3 is 23.9 Å². The molecule has 4 atom stereocenters. The number of hydrogen-bond acceptors (Lipinski definition) is 12. The smallest absolute Gasteiger partial charge is 0.310 e. The number of esters is 4. The Hall–Kier alpha value is -2.28. The van der Waals surface area contributed by atoms with Crippen molar-refractivity contribution in [2.24, 2.45) is 23.7 Å². The van der Waals surface area contributed by atoms with Gasteiger partial charge in [0.05, 0.1) is 23.7 Å². The van der Waals surface area contributed by atoms with Gasteiger partial charge in [-0.2, -0.15) is 0 Å². The van der Waals surface area contributed by atoms with Gasteiger partial charge in [0.15, 0.2) is 0 Å². The predicted molar refractivity (Wildman–Crippen MR) is 225 cm³/mol. The molecule has 3 N–H and O–H groups in total. The standard InChI is InChI=1S/C46H80N4O8/c1-39(2)19-27(20-40(3,4)47-39)55-35(51)31-18-32(36(52)56-30-25-45(13,14)50(17)46(15,16)26-30)34(38(54)58-29-23-43(9,10)49-44(11,12)24-29)33(31)37(53)57-28-21-41(5,6)48-42(7,8)22-28/h27-34,47-49H,18-26H2,1-17H3. The zero-order valence-electron chi connectivity index (χ0n) is 39.2. The van der Waals surface area contributed by atoms with E-state index in [-0.39, 0.29) is 50.7 Å². The minimum atomic E-state index is -1.30. The van der Waals surface area contributed by atoms with Crippen LogP contribution in [0.5, 0.6) is 0 Å². The third-order valence-electron chi connectivity index (χ3n) is 13.8. The Bertz CT molecular complexity index is 1510. The zero-order valence-corrected chi connectivity index (χ0v) is 39.2. The van der Waals surface area contributed by atoms with Crippen LogP contribution in [0.2, 0.25) is 0 Å². The fraction of sp³-hybridized carbons (Fsp3) is 0.913. The third-order valence-corrected chi connectivity index (χ3v) is 13.8. The maximum Gasteiger partial charge on any atom is 0.310 e. The van der Waals surface area contributed by atoms with Crippen molar-refractivity contribution in [1.82, 2.24) is 20.9 Å². The minimum absolute atomic E-state index is 0.0826. The average Bonchev–Trinajstić information content (AvgIpc) is 3.36. The van der Waals surface area contributed by atoms with E-state index in [4.69, 9.17) is 18.9 Å². The number of piperidine rings is 4. The van der Waals surface area contributed by atoms with Crippen LogP contribution >= 0.6 is 0 Å². The first kappa shape index (κ1) is 46.8. The summed E-state index contributed by atoms with van der Waals surface area (Å²) in [5.41, 5.74) is -2.45. The van der Waals surface area contributed by atoms with E-state index in [0.717, 1.165) is 0 Å². The lowest BCUT2D eigenvalue weighted by atomic mass is 9.78. The van der Waals surface area contributed by atoms with Gasteiger partial charge in [0.25, 0.3) is 0 Å². The van der Waals surface area contributed by atoms with Crippen LogP contribution in [-0.2, 0) is 38.1 Å². The Balaban J connectivity index is 1.53. The van der Waals surface area contributed by atoms with E-state index >= 15 is 0 Å². The molecule has 0 bridgehead atoms. The number of rotatable bonds is 8. The topological polar surface area (TPSA) is 145 Å². The minimum Gasteiger partial charge on any atom is -0.462 e. The van der Waals surface area contributed by atoms with Gasteiger partial charge in [0.2, 0.25) is 0 Å². The van der Waals surface area contributed by atoms with E-state index in [2.05, 4.69) is 139 Å². The average molecular weight is 817 g/mol. The molecular formula is C46H80N4O8. The van der Waals surface area contributed by atoms with Crippen LogP contribution in [-0.4, -0.2) is 105 Å². The second-order valence-electron chi connectivity index (χ2n) is 24.2. The molecule has 4 aliphatic heterocycles. The third kappa shape index (κ3) is 11.1. The van der Waals surface area contributed by atoms with E-state index in [0.29, 0.717) is 51.4 Å². The van der Waals surface area contributed by atoms with Gasteiger partial charge in [-0.3, -0.25) is 24.1 Å². The van der Waals surface area contributed by atoms with Crippen molar-refractivity contribution in [3.8, 4) is 0 Å². The molecule has 0 radical (unpaired) electrons. The summed E-state index contributed by atoms with van der Waals surface area (Å²) in [4.78, 5) is 61.5. The molecule has 1 aliphatic carbocycles. The molecule has 5 fully saturated rings. The first-order chi connectivity index (χ1) is 26.1. The van der Waals surface area contributed by atoms with Gasteiger partial charge in [-0.1, -0.05) is 0 Å². The number of carbonyl (C=O) groups excluding carboxylic acids is 4. The SMILES string of the molecule is CN1C(C)(C)CC(OC(=O)C2CC(C(=O)OC3CC(C)(C)NC(C)(C)C3)C(C(=O)OC3CC(C)(C)NC(C)(C)C3)C2C(=O)OC2CC(C)(C)NC(C)(C)C2)CC1(C)C. The molecule has 4 heterocycles. The van der Waals surface area contributed by atoms with Crippen LogP contribution in [0.25, 0.3) is 0 Å². The molecule has 5 aliphatic rings. The molecule has 0 amide bonds. The molecule has 1 saturated carbocycles. The highest BCUT2D eigenvalue weighted by atomic mass is 16.6. The lowest BCUT2D eigenvalue weighted by Gasteiger charge is -2.53. The Morgan fingerprint density at radius 1 is 0.397 bits per heavy atom.